The highest BCUT2D eigenvalue weighted by Crippen LogP contribution is 2.29. The third-order valence-electron chi connectivity index (χ3n) is 4.63. The second kappa shape index (κ2) is 7.63. The molecule has 0 aromatic carbocycles. The zero-order valence-electron chi connectivity index (χ0n) is 13.2. The van der Waals surface area contributed by atoms with Crippen LogP contribution in [0, 0.1) is 5.92 Å². The maximum absolute atomic E-state index is 4.51. The summed E-state index contributed by atoms with van der Waals surface area (Å²) in [6.45, 7) is 6.37. The van der Waals surface area contributed by atoms with E-state index in [2.05, 4.69) is 42.2 Å². The molecule has 0 radical (unpaired) electrons. The number of anilines is 1. The Morgan fingerprint density at radius 3 is 2.65 bits per heavy atom. The Morgan fingerprint density at radius 1 is 1.25 bits per heavy atom. The summed E-state index contributed by atoms with van der Waals surface area (Å²) in [5, 5.41) is 3.36. The van der Waals surface area contributed by atoms with Gasteiger partial charge in [0, 0.05) is 31.0 Å². The quantitative estimate of drug-likeness (QED) is 0.853. The molecule has 0 unspecified atom stereocenters. The van der Waals surface area contributed by atoms with Crippen molar-refractivity contribution >= 4 is 5.69 Å². The minimum absolute atomic E-state index is 0.738. The molecule has 3 nitrogen and oxygen atoms in total. The second-order valence-electron chi connectivity index (χ2n) is 6.06. The van der Waals surface area contributed by atoms with Gasteiger partial charge in [0.05, 0.1) is 5.69 Å². The van der Waals surface area contributed by atoms with Gasteiger partial charge in [0.25, 0.3) is 0 Å². The lowest BCUT2D eigenvalue weighted by Crippen LogP contribution is -2.34. The number of aromatic nitrogens is 1. The molecule has 1 fully saturated rings. The van der Waals surface area contributed by atoms with E-state index in [1.54, 1.807) is 0 Å². The monoisotopic (exact) mass is 275 g/mol. The van der Waals surface area contributed by atoms with E-state index in [4.69, 9.17) is 0 Å². The smallest absolute Gasteiger partial charge is 0.0564 e. The zero-order chi connectivity index (χ0) is 14.4. The van der Waals surface area contributed by atoms with Crippen LogP contribution in [0.15, 0.2) is 18.3 Å². The summed E-state index contributed by atoms with van der Waals surface area (Å²) in [6, 6.07) is 4.96. The van der Waals surface area contributed by atoms with E-state index in [-0.39, 0.29) is 0 Å². The predicted molar refractivity (Wildman–Crippen MR) is 85.9 cm³/mol. The van der Waals surface area contributed by atoms with E-state index in [9.17, 15) is 0 Å². The van der Waals surface area contributed by atoms with E-state index in [0.29, 0.717) is 0 Å². The standard InChI is InChI=1S/C17H29N3/c1-4-14-6-8-17(9-7-14)20(3)13-16-12-15(18-5-2)10-11-19-16/h10-12,14,17H,4-9,13H2,1-3H3,(H,18,19). The van der Waals surface area contributed by atoms with Crippen LogP contribution in [0.2, 0.25) is 0 Å². The van der Waals surface area contributed by atoms with Crippen LogP contribution in [0.1, 0.15) is 51.6 Å². The third-order valence-corrected chi connectivity index (χ3v) is 4.63. The molecule has 1 saturated carbocycles. The van der Waals surface area contributed by atoms with Gasteiger partial charge in [0.15, 0.2) is 0 Å². The highest BCUT2D eigenvalue weighted by atomic mass is 15.1. The van der Waals surface area contributed by atoms with Gasteiger partial charge in [-0.05, 0) is 57.7 Å². The van der Waals surface area contributed by atoms with Crippen LogP contribution in [0.4, 0.5) is 5.69 Å². The van der Waals surface area contributed by atoms with Gasteiger partial charge in [-0.2, -0.15) is 0 Å². The molecule has 1 heterocycles. The average molecular weight is 275 g/mol. The van der Waals surface area contributed by atoms with Gasteiger partial charge < -0.3 is 5.32 Å². The Balaban J connectivity index is 1.87. The lowest BCUT2D eigenvalue weighted by atomic mass is 9.84. The van der Waals surface area contributed by atoms with Crippen LogP contribution in [0.5, 0.6) is 0 Å². The summed E-state index contributed by atoms with van der Waals surface area (Å²) in [6.07, 6.45) is 8.76. The Morgan fingerprint density at radius 2 is 2.00 bits per heavy atom. The highest BCUT2D eigenvalue weighted by Gasteiger charge is 2.23. The Labute approximate surface area is 123 Å². The van der Waals surface area contributed by atoms with Crippen molar-refractivity contribution in [3.8, 4) is 0 Å². The van der Waals surface area contributed by atoms with Crippen molar-refractivity contribution in [2.45, 2.75) is 58.5 Å². The maximum Gasteiger partial charge on any atom is 0.0564 e. The molecule has 0 atom stereocenters. The summed E-state index contributed by atoms with van der Waals surface area (Å²) < 4.78 is 0. The first kappa shape index (κ1) is 15.3. The highest BCUT2D eigenvalue weighted by molar-refractivity contribution is 5.42. The summed E-state index contributed by atoms with van der Waals surface area (Å²) in [5.74, 6) is 0.967. The molecule has 2 rings (SSSR count). The zero-order valence-corrected chi connectivity index (χ0v) is 13.2. The lowest BCUT2D eigenvalue weighted by Gasteiger charge is -2.34. The number of pyridine rings is 1. The molecule has 1 aromatic heterocycles. The van der Waals surface area contributed by atoms with Crippen molar-refractivity contribution in [1.82, 2.24) is 9.88 Å². The SMILES string of the molecule is CCNc1ccnc(CN(C)C2CCC(CC)CC2)c1. The van der Waals surface area contributed by atoms with Crippen LogP contribution < -0.4 is 5.32 Å². The van der Waals surface area contributed by atoms with Crippen LogP contribution in [-0.2, 0) is 6.54 Å². The third kappa shape index (κ3) is 4.20. The first-order valence-corrected chi connectivity index (χ1v) is 8.12. The van der Waals surface area contributed by atoms with E-state index in [1.807, 2.05) is 12.3 Å². The first-order valence-electron chi connectivity index (χ1n) is 8.12. The molecule has 1 aromatic rings. The molecule has 0 saturated heterocycles. The van der Waals surface area contributed by atoms with E-state index >= 15 is 0 Å². The van der Waals surface area contributed by atoms with Crippen LogP contribution in [-0.4, -0.2) is 29.5 Å². The van der Waals surface area contributed by atoms with E-state index < -0.39 is 0 Å². The number of nitrogens with zero attached hydrogens (tertiary/aromatic N) is 2. The Bertz CT molecular complexity index is 397. The van der Waals surface area contributed by atoms with Gasteiger partial charge in [-0.3, -0.25) is 9.88 Å². The molecule has 1 aliphatic carbocycles. The van der Waals surface area contributed by atoms with Gasteiger partial charge in [0.2, 0.25) is 0 Å². The number of hydrogen-bond donors (Lipinski definition) is 1. The second-order valence-corrected chi connectivity index (χ2v) is 6.06. The van der Waals surface area contributed by atoms with Crippen molar-refractivity contribution in [2.24, 2.45) is 5.92 Å². The predicted octanol–water partition coefficient (Wildman–Crippen LogP) is 3.91. The fourth-order valence-electron chi connectivity index (χ4n) is 3.26. The number of nitrogens with one attached hydrogen (secondary N) is 1. The van der Waals surface area contributed by atoms with Crippen molar-refractivity contribution in [2.75, 3.05) is 18.9 Å². The van der Waals surface area contributed by atoms with E-state index in [0.717, 1.165) is 25.0 Å². The largest absolute Gasteiger partial charge is 0.385 e. The van der Waals surface area contributed by atoms with Crippen molar-refractivity contribution < 1.29 is 0 Å². The first-order chi connectivity index (χ1) is 9.72. The van der Waals surface area contributed by atoms with Crippen molar-refractivity contribution in [3.63, 3.8) is 0 Å². The van der Waals surface area contributed by atoms with Crippen molar-refractivity contribution in [1.29, 1.82) is 0 Å². The molecule has 0 aliphatic heterocycles. The lowest BCUT2D eigenvalue weighted by molar-refractivity contribution is 0.156. The topological polar surface area (TPSA) is 28.2 Å². The van der Waals surface area contributed by atoms with Crippen LogP contribution in [0.3, 0.4) is 0 Å². The summed E-state index contributed by atoms with van der Waals surface area (Å²) in [5.41, 5.74) is 2.35. The fraction of sp³-hybridized carbons (Fsp3) is 0.706. The Hall–Kier alpha value is -1.09. The van der Waals surface area contributed by atoms with Crippen LogP contribution >= 0.6 is 0 Å². The fourth-order valence-corrected chi connectivity index (χ4v) is 3.26. The molecule has 3 heteroatoms. The number of hydrogen-bond acceptors (Lipinski definition) is 3. The molecule has 0 amide bonds. The summed E-state index contributed by atoms with van der Waals surface area (Å²) in [7, 11) is 2.25. The Kier molecular flexibility index (Phi) is 5.84. The normalized spacial score (nSPS) is 23.0. The molecule has 1 N–H and O–H groups in total. The van der Waals surface area contributed by atoms with Gasteiger partial charge in [-0.25, -0.2) is 0 Å². The molecular weight excluding hydrogens is 246 g/mol. The van der Waals surface area contributed by atoms with E-state index in [1.165, 1.54) is 43.5 Å². The number of rotatable bonds is 6. The summed E-state index contributed by atoms with van der Waals surface area (Å²) in [4.78, 5) is 7.00. The van der Waals surface area contributed by atoms with Gasteiger partial charge >= 0.3 is 0 Å². The molecular formula is C17H29N3. The minimum Gasteiger partial charge on any atom is -0.385 e. The molecule has 0 spiro atoms. The van der Waals surface area contributed by atoms with Gasteiger partial charge in [-0.15, -0.1) is 0 Å². The molecule has 20 heavy (non-hydrogen) atoms. The average Bonchev–Trinajstić information content (AvgIpc) is 2.48. The van der Waals surface area contributed by atoms with Crippen molar-refractivity contribution in [3.05, 3.63) is 24.0 Å². The molecule has 1 aliphatic rings. The van der Waals surface area contributed by atoms with Crippen LogP contribution in [0.25, 0.3) is 0 Å². The molecule has 112 valence electrons. The van der Waals surface area contributed by atoms with Gasteiger partial charge in [-0.1, -0.05) is 13.3 Å². The maximum atomic E-state index is 4.51. The molecule has 0 bridgehead atoms. The minimum atomic E-state index is 0.738. The summed E-state index contributed by atoms with van der Waals surface area (Å²) >= 11 is 0. The van der Waals surface area contributed by atoms with Gasteiger partial charge in [0.1, 0.15) is 0 Å².